The summed E-state index contributed by atoms with van der Waals surface area (Å²) in [5, 5.41) is 11.4. The van der Waals surface area contributed by atoms with Gasteiger partial charge in [0.05, 0.1) is 6.04 Å². The van der Waals surface area contributed by atoms with E-state index in [1.54, 1.807) is 0 Å². The number of para-hydroxylation sites is 1. The molecule has 1 N–H and O–H groups in total. The maximum absolute atomic E-state index is 3.82. The summed E-state index contributed by atoms with van der Waals surface area (Å²) in [5.41, 5.74) is 11.8. The molecule has 0 radical (unpaired) electrons. The van der Waals surface area contributed by atoms with Crippen molar-refractivity contribution >= 4 is 60.6 Å². The Morgan fingerprint density at radius 3 is 1.79 bits per heavy atom. The van der Waals surface area contributed by atoms with Crippen LogP contribution in [0.25, 0.3) is 60.1 Å². The minimum absolute atomic E-state index is 0.167. The molecule has 1 aliphatic carbocycles. The van der Waals surface area contributed by atoms with E-state index in [2.05, 4.69) is 229 Å². The highest BCUT2D eigenvalue weighted by molar-refractivity contribution is 6.23. The molecule has 0 heterocycles. The van der Waals surface area contributed by atoms with Gasteiger partial charge in [-0.15, -0.1) is 0 Å². The van der Waals surface area contributed by atoms with Gasteiger partial charge in [-0.05, 0) is 115 Å². The number of benzene rings is 9. The van der Waals surface area contributed by atoms with Crippen molar-refractivity contribution in [3.63, 3.8) is 0 Å². The summed E-state index contributed by atoms with van der Waals surface area (Å²) >= 11 is 0. The normalized spacial score (nSPS) is 13.9. The van der Waals surface area contributed by atoms with Gasteiger partial charge in [0, 0.05) is 28.3 Å². The van der Waals surface area contributed by atoms with Gasteiger partial charge in [-0.25, -0.2) is 0 Å². The lowest BCUT2D eigenvalue weighted by atomic mass is 9.89. The van der Waals surface area contributed by atoms with Crippen LogP contribution in [0.2, 0.25) is 0 Å². The van der Waals surface area contributed by atoms with E-state index < -0.39 is 0 Å². The number of hydrogen-bond donors (Lipinski definition) is 1. The first kappa shape index (κ1) is 33.4. The van der Waals surface area contributed by atoms with Crippen molar-refractivity contribution < 1.29 is 0 Å². The molecule has 2 nitrogen and oxygen atoms in total. The quantitative estimate of drug-likeness (QED) is 0.158. The fourth-order valence-electron chi connectivity index (χ4n) is 8.40. The molecular weight excluding hydrogens is 677 g/mol. The molecule has 0 bridgehead atoms. The second-order valence-corrected chi connectivity index (χ2v) is 14.5. The third-order valence-electron chi connectivity index (χ3n) is 11.2. The maximum Gasteiger partial charge on any atom is 0.0560 e. The van der Waals surface area contributed by atoms with Crippen molar-refractivity contribution in [3.05, 3.63) is 224 Å². The SMILES string of the molecule is C1=CC(N(c2ccc(Nc3ccccc3-c3cc4ccccc4c4ccc5ccccc5c34)cc2)c2ccc(-c3ccccc3)cc2)CC=C1c1ccccc1. The van der Waals surface area contributed by atoms with Crippen LogP contribution in [-0.4, -0.2) is 6.04 Å². The Labute approximate surface area is 328 Å². The number of rotatable bonds is 8. The Balaban J connectivity index is 1.01. The van der Waals surface area contributed by atoms with E-state index in [4.69, 9.17) is 0 Å². The summed E-state index contributed by atoms with van der Waals surface area (Å²) in [5.74, 6) is 0. The largest absolute Gasteiger partial charge is 0.355 e. The molecule has 266 valence electrons. The molecule has 10 rings (SSSR count). The minimum Gasteiger partial charge on any atom is -0.355 e. The molecule has 9 aromatic carbocycles. The van der Waals surface area contributed by atoms with Crippen LogP contribution in [0, 0.1) is 0 Å². The van der Waals surface area contributed by atoms with E-state index in [1.807, 2.05) is 0 Å². The molecule has 0 saturated carbocycles. The van der Waals surface area contributed by atoms with Crippen LogP contribution in [0.1, 0.15) is 12.0 Å². The molecule has 0 aromatic heterocycles. The highest BCUT2D eigenvalue weighted by Gasteiger charge is 2.21. The summed E-state index contributed by atoms with van der Waals surface area (Å²) in [6.07, 6.45) is 7.91. The number of hydrogen-bond acceptors (Lipinski definition) is 2. The molecule has 0 saturated heterocycles. The van der Waals surface area contributed by atoms with Crippen LogP contribution in [-0.2, 0) is 0 Å². The molecule has 0 fully saturated rings. The van der Waals surface area contributed by atoms with E-state index in [9.17, 15) is 0 Å². The highest BCUT2D eigenvalue weighted by atomic mass is 15.2. The molecule has 9 aromatic rings. The van der Waals surface area contributed by atoms with E-state index in [1.165, 1.54) is 65.7 Å². The van der Waals surface area contributed by atoms with Crippen LogP contribution in [0.4, 0.5) is 22.7 Å². The predicted octanol–water partition coefficient (Wildman–Crippen LogP) is 14.8. The third kappa shape index (κ3) is 6.32. The topological polar surface area (TPSA) is 15.3 Å². The molecular formula is C54H40N2. The van der Waals surface area contributed by atoms with E-state index >= 15 is 0 Å². The first-order chi connectivity index (χ1) is 27.8. The molecule has 0 aliphatic heterocycles. The minimum atomic E-state index is 0.167. The van der Waals surface area contributed by atoms with Crippen molar-refractivity contribution in [2.45, 2.75) is 12.5 Å². The van der Waals surface area contributed by atoms with Gasteiger partial charge in [-0.3, -0.25) is 0 Å². The van der Waals surface area contributed by atoms with E-state index in [0.29, 0.717) is 0 Å². The zero-order chi connectivity index (χ0) is 37.3. The molecule has 1 unspecified atom stereocenters. The van der Waals surface area contributed by atoms with Gasteiger partial charge in [-0.2, -0.15) is 0 Å². The second kappa shape index (κ2) is 14.6. The Kier molecular flexibility index (Phi) is 8.70. The average Bonchev–Trinajstić information content (AvgIpc) is 3.28. The van der Waals surface area contributed by atoms with E-state index in [-0.39, 0.29) is 6.04 Å². The molecule has 56 heavy (non-hydrogen) atoms. The first-order valence-electron chi connectivity index (χ1n) is 19.5. The van der Waals surface area contributed by atoms with Crippen LogP contribution in [0.15, 0.2) is 218 Å². The highest BCUT2D eigenvalue weighted by Crippen LogP contribution is 2.42. The molecule has 0 amide bonds. The number of allylic oxidation sites excluding steroid dienone is 2. The van der Waals surface area contributed by atoms with Gasteiger partial charge < -0.3 is 10.2 Å². The Morgan fingerprint density at radius 1 is 0.446 bits per heavy atom. The first-order valence-corrected chi connectivity index (χ1v) is 19.5. The zero-order valence-corrected chi connectivity index (χ0v) is 31.0. The fraction of sp³-hybridized carbons (Fsp3) is 0.0370. The lowest BCUT2D eigenvalue weighted by molar-refractivity contribution is 0.787. The summed E-state index contributed by atoms with van der Waals surface area (Å²) in [6.45, 7) is 0. The lowest BCUT2D eigenvalue weighted by Crippen LogP contribution is -2.30. The van der Waals surface area contributed by atoms with Gasteiger partial charge in [0.15, 0.2) is 0 Å². The number of fused-ring (bicyclic) bond motifs is 5. The summed E-state index contributed by atoms with van der Waals surface area (Å²) in [6, 6.07) is 72.4. The van der Waals surface area contributed by atoms with Crippen molar-refractivity contribution in [1.29, 1.82) is 0 Å². The lowest BCUT2D eigenvalue weighted by Gasteiger charge is -2.33. The van der Waals surface area contributed by atoms with Crippen LogP contribution in [0.3, 0.4) is 0 Å². The van der Waals surface area contributed by atoms with Gasteiger partial charge in [0.25, 0.3) is 0 Å². The van der Waals surface area contributed by atoms with Gasteiger partial charge in [-0.1, -0.05) is 170 Å². The third-order valence-corrected chi connectivity index (χ3v) is 11.2. The van der Waals surface area contributed by atoms with Gasteiger partial charge in [0.2, 0.25) is 0 Å². The average molecular weight is 717 g/mol. The summed E-state index contributed by atoms with van der Waals surface area (Å²) in [7, 11) is 0. The Morgan fingerprint density at radius 2 is 1.05 bits per heavy atom. The Bertz CT molecular complexity index is 2890. The molecule has 1 atom stereocenters. The van der Waals surface area contributed by atoms with Crippen molar-refractivity contribution in [2.24, 2.45) is 0 Å². The fourth-order valence-corrected chi connectivity index (χ4v) is 8.40. The van der Waals surface area contributed by atoms with Crippen molar-refractivity contribution in [2.75, 3.05) is 10.2 Å². The molecule has 2 heteroatoms. The smallest absolute Gasteiger partial charge is 0.0560 e. The van der Waals surface area contributed by atoms with Crippen LogP contribution >= 0.6 is 0 Å². The van der Waals surface area contributed by atoms with Crippen molar-refractivity contribution in [1.82, 2.24) is 0 Å². The molecule has 1 aliphatic rings. The standard InChI is InChI=1S/C54H40N2/c1-3-13-38(14-4-1)40-23-30-45(31-24-40)56(46-32-25-41(26-33-46)39-15-5-2-6-16-39)47-34-28-44(29-35-47)55-53-22-12-11-21-50(53)52-37-43-18-8-9-19-48(43)51-36-27-42-17-7-10-20-49(42)54(51)52/h1-32,34-37,46,55H,33H2. The second-order valence-electron chi connectivity index (χ2n) is 14.5. The zero-order valence-electron chi connectivity index (χ0n) is 31.0. The van der Waals surface area contributed by atoms with E-state index in [0.717, 1.165) is 29.2 Å². The van der Waals surface area contributed by atoms with Crippen LogP contribution in [0.5, 0.6) is 0 Å². The Hall–Kier alpha value is -7.16. The summed E-state index contributed by atoms with van der Waals surface area (Å²) in [4.78, 5) is 2.47. The van der Waals surface area contributed by atoms with Gasteiger partial charge in [0.1, 0.15) is 0 Å². The number of nitrogens with one attached hydrogen (secondary N) is 1. The number of anilines is 4. The van der Waals surface area contributed by atoms with Crippen LogP contribution < -0.4 is 10.2 Å². The molecule has 0 spiro atoms. The monoisotopic (exact) mass is 716 g/mol. The maximum atomic E-state index is 3.82. The van der Waals surface area contributed by atoms with Crippen molar-refractivity contribution in [3.8, 4) is 22.3 Å². The summed E-state index contributed by atoms with van der Waals surface area (Å²) < 4.78 is 0. The number of nitrogens with zero attached hydrogens (tertiary/aromatic N) is 1. The van der Waals surface area contributed by atoms with Gasteiger partial charge >= 0.3 is 0 Å². The predicted molar refractivity (Wildman–Crippen MR) is 240 cm³/mol.